The van der Waals surface area contributed by atoms with Gasteiger partial charge in [-0.1, -0.05) is 30.3 Å². The summed E-state index contributed by atoms with van der Waals surface area (Å²) in [5.74, 6) is -0.911. The molecule has 0 spiro atoms. The third-order valence-electron chi connectivity index (χ3n) is 4.31. The van der Waals surface area contributed by atoms with Crippen molar-refractivity contribution >= 4 is 29.3 Å². The van der Waals surface area contributed by atoms with Gasteiger partial charge in [-0.05, 0) is 35.9 Å². The van der Waals surface area contributed by atoms with Gasteiger partial charge in [0.05, 0.1) is 11.4 Å². The van der Waals surface area contributed by atoms with E-state index in [4.69, 9.17) is 16.2 Å². The van der Waals surface area contributed by atoms with Crippen molar-refractivity contribution in [2.75, 3.05) is 11.1 Å². The molecular weight excluding hydrogens is 398 g/mol. The van der Waals surface area contributed by atoms with Gasteiger partial charge >= 0.3 is 6.09 Å². The number of nitrogen functional groups attached to an aromatic ring is 1. The standard InChI is InChI=1S/C22H21N5O4/c23-17-3-1-2-4-18(17)27-21(29)16-8-5-14(6-9-16)11-26-22(30)31-13-15-7-10-19(20(24)28)25-12-15/h1-10,12H,11,13,23H2,(H2,24,28)(H,26,30)(H,27,29). The number of benzene rings is 2. The number of pyridine rings is 1. The molecule has 3 aromatic rings. The average Bonchev–Trinajstić information content (AvgIpc) is 2.78. The molecule has 3 amide bonds. The summed E-state index contributed by atoms with van der Waals surface area (Å²) in [5, 5.41) is 5.38. The number of nitrogens with one attached hydrogen (secondary N) is 2. The lowest BCUT2D eigenvalue weighted by Gasteiger charge is -2.09. The molecule has 0 saturated carbocycles. The predicted molar refractivity (Wildman–Crippen MR) is 115 cm³/mol. The molecule has 9 nitrogen and oxygen atoms in total. The summed E-state index contributed by atoms with van der Waals surface area (Å²) < 4.78 is 5.11. The van der Waals surface area contributed by atoms with Crippen molar-refractivity contribution in [2.45, 2.75) is 13.2 Å². The molecule has 0 fully saturated rings. The van der Waals surface area contributed by atoms with Gasteiger partial charge in [0.2, 0.25) is 0 Å². The summed E-state index contributed by atoms with van der Waals surface area (Å²) >= 11 is 0. The highest BCUT2D eigenvalue weighted by atomic mass is 16.5. The van der Waals surface area contributed by atoms with E-state index in [1.807, 2.05) is 0 Å². The molecule has 9 heteroatoms. The van der Waals surface area contributed by atoms with Crippen molar-refractivity contribution < 1.29 is 19.1 Å². The van der Waals surface area contributed by atoms with Gasteiger partial charge in [0.25, 0.3) is 11.8 Å². The Hall–Kier alpha value is -4.40. The zero-order valence-electron chi connectivity index (χ0n) is 16.5. The first-order valence-corrected chi connectivity index (χ1v) is 9.32. The zero-order valence-corrected chi connectivity index (χ0v) is 16.5. The molecule has 31 heavy (non-hydrogen) atoms. The second-order valence-corrected chi connectivity index (χ2v) is 6.58. The second kappa shape index (κ2) is 9.88. The monoisotopic (exact) mass is 419 g/mol. The Morgan fingerprint density at radius 2 is 1.65 bits per heavy atom. The maximum absolute atomic E-state index is 12.3. The number of aromatic nitrogens is 1. The molecule has 0 unspecified atom stereocenters. The molecule has 158 valence electrons. The minimum atomic E-state index is -0.627. The van der Waals surface area contributed by atoms with E-state index in [1.165, 1.54) is 12.3 Å². The van der Waals surface area contributed by atoms with Crippen LogP contribution in [-0.4, -0.2) is 22.9 Å². The highest BCUT2D eigenvalue weighted by molar-refractivity contribution is 6.05. The maximum Gasteiger partial charge on any atom is 0.407 e. The summed E-state index contributed by atoms with van der Waals surface area (Å²) in [7, 11) is 0. The van der Waals surface area contributed by atoms with Gasteiger partial charge < -0.3 is 26.8 Å². The fraction of sp³-hybridized carbons (Fsp3) is 0.0909. The van der Waals surface area contributed by atoms with E-state index in [9.17, 15) is 14.4 Å². The van der Waals surface area contributed by atoms with Crippen LogP contribution in [-0.2, 0) is 17.9 Å². The number of rotatable bonds is 7. The quantitative estimate of drug-likeness (QED) is 0.432. The Labute approximate surface area is 178 Å². The third-order valence-corrected chi connectivity index (χ3v) is 4.31. The number of carbonyl (C=O) groups is 3. The highest BCUT2D eigenvalue weighted by Gasteiger charge is 2.09. The van der Waals surface area contributed by atoms with Crippen LogP contribution in [0.3, 0.4) is 0 Å². The molecule has 2 aromatic carbocycles. The smallest absolute Gasteiger partial charge is 0.407 e. The van der Waals surface area contributed by atoms with Crippen LogP contribution in [0, 0.1) is 0 Å². The minimum Gasteiger partial charge on any atom is -0.445 e. The lowest BCUT2D eigenvalue weighted by atomic mass is 10.1. The van der Waals surface area contributed by atoms with Crippen LogP contribution in [0.5, 0.6) is 0 Å². The van der Waals surface area contributed by atoms with Crippen LogP contribution in [0.2, 0.25) is 0 Å². The lowest BCUT2D eigenvalue weighted by molar-refractivity contribution is 0.0993. The van der Waals surface area contributed by atoms with Crippen molar-refractivity contribution in [3.8, 4) is 0 Å². The van der Waals surface area contributed by atoms with Crippen molar-refractivity contribution in [3.05, 3.63) is 89.2 Å². The van der Waals surface area contributed by atoms with Crippen LogP contribution >= 0.6 is 0 Å². The van der Waals surface area contributed by atoms with Crippen molar-refractivity contribution in [1.82, 2.24) is 10.3 Å². The maximum atomic E-state index is 12.3. The molecule has 1 heterocycles. The van der Waals surface area contributed by atoms with Crippen LogP contribution in [0.15, 0.2) is 66.9 Å². The molecule has 0 aliphatic rings. The molecule has 0 bridgehead atoms. The predicted octanol–water partition coefficient (Wildman–Crippen LogP) is 2.44. The molecule has 6 N–H and O–H groups in total. The molecule has 0 radical (unpaired) electrons. The van der Waals surface area contributed by atoms with Gasteiger partial charge in [-0.2, -0.15) is 0 Å². The molecule has 3 rings (SSSR count). The van der Waals surface area contributed by atoms with Gasteiger partial charge in [0, 0.05) is 23.9 Å². The summed E-state index contributed by atoms with van der Waals surface area (Å²) in [5.41, 5.74) is 14.0. The summed E-state index contributed by atoms with van der Waals surface area (Å²) in [6.07, 6.45) is 0.806. The third kappa shape index (κ3) is 6.04. The highest BCUT2D eigenvalue weighted by Crippen LogP contribution is 2.18. The number of hydrogen-bond donors (Lipinski definition) is 4. The number of primary amides is 1. The Bertz CT molecular complexity index is 1080. The van der Waals surface area contributed by atoms with Crippen molar-refractivity contribution in [3.63, 3.8) is 0 Å². The molecular formula is C22H21N5O4. The Morgan fingerprint density at radius 3 is 2.29 bits per heavy atom. The number of para-hydroxylation sites is 2. The number of nitrogens with zero attached hydrogens (tertiary/aromatic N) is 1. The van der Waals surface area contributed by atoms with E-state index in [2.05, 4.69) is 15.6 Å². The van der Waals surface area contributed by atoms with Crippen molar-refractivity contribution in [2.24, 2.45) is 5.73 Å². The second-order valence-electron chi connectivity index (χ2n) is 6.58. The number of nitrogens with two attached hydrogens (primary N) is 2. The van der Waals surface area contributed by atoms with Crippen LogP contribution in [0.1, 0.15) is 32.0 Å². The Balaban J connectivity index is 1.46. The molecule has 0 atom stereocenters. The summed E-state index contributed by atoms with van der Waals surface area (Å²) in [6, 6.07) is 16.8. The van der Waals surface area contributed by atoms with Crippen LogP contribution < -0.4 is 22.1 Å². The first-order valence-electron chi connectivity index (χ1n) is 9.32. The zero-order chi connectivity index (χ0) is 22.2. The SMILES string of the molecule is NC(=O)c1ccc(COC(=O)NCc2ccc(C(=O)Nc3ccccc3N)cc2)cn1. The van der Waals surface area contributed by atoms with Gasteiger partial charge in [0.1, 0.15) is 12.3 Å². The lowest BCUT2D eigenvalue weighted by Crippen LogP contribution is -2.23. The minimum absolute atomic E-state index is 0.000396. The number of ether oxygens (including phenoxy) is 1. The first-order chi connectivity index (χ1) is 14.9. The Morgan fingerprint density at radius 1 is 0.935 bits per heavy atom. The van der Waals surface area contributed by atoms with E-state index in [-0.39, 0.29) is 24.8 Å². The Kier molecular flexibility index (Phi) is 6.79. The van der Waals surface area contributed by atoms with E-state index >= 15 is 0 Å². The molecule has 0 aliphatic heterocycles. The largest absolute Gasteiger partial charge is 0.445 e. The van der Waals surface area contributed by atoms with E-state index in [0.29, 0.717) is 22.5 Å². The van der Waals surface area contributed by atoms with Gasteiger partial charge in [-0.25, -0.2) is 4.79 Å². The van der Waals surface area contributed by atoms with Gasteiger partial charge in [-0.3, -0.25) is 14.6 Å². The van der Waals surface area contributed by atoms with Gasteiger partial charge in [0.15, 0.2) is 0 Å². The fourth-order valence-corrected chi connectivity index (χ4v) is 2.61. The molecule has 1 aromatic heterocycles. The van der Waals surface area contributed by atoms with E-state index in [1.54, 1.807) is 54.6 Å². The number of carbonyl (C=O) groups excluding carboxylic acids is 3. The molecule has 0 aliphatic carbocycles. The summed E-state index contributed by atoms with van der Waals surface area (Å²) in [4.78, 5) is 39.1. The van der Waals surface area contributed by atoms with E-state index in [0.717, 1.165) is 5.56 Å². The number of amides is 3. The average molecular weight is 419 g/mol. The van der Waals surface area contributed by atoms with Gasteiger partial charge in [-0.15, -0.1) is 0 Å². The topological polar surface area (TPSA) is 149 Å². The fourth-order valence-electron chi connectivity index (χ4n) is 2.61. The van der Waals surface area contributed by atoms with Crippen LogP contribution in [0.25, 0.3) is 0 Å². The van der Waals surface area contributed by atoms with Crippen molar-refractivity contribution in [1.29, 1.82) is 0 Å². The number of hydrogen-bond acceptors (Lipinski definition) is 6. The van der Waals surface area contributed by atoms with E-state index < -0.39 is 12.0 Å². The van der Waals surface area contributed by atoms with Crippen LogP contribution in [0.4, 0.5) is 16.2 Å². The normalized spacial score (nSPS) is 10.2. The molecule has 0 saturated heterocycles. The summed E-state index contributed by atoms with van der Waals surface area (Å²) in [6.45, 7) is 0.227. The number of alkyl carbamates (subject to hydrolysis) is 1. The number of anilines is 2. The first kappa shape index (κ1) is 21.3.